The molecule has 1 radical (unpaired) electrons. The Hall–Kier alpha value is -0.201. The van der Waals surface area contributed by atoms with Crippen molar-refractivity contribution in [3.63, 3.8) is 0 Å². The molecule has 0 amide bonds. The Labute approximate surface area is 69.9 Å². The summed E-state index contributed by atoms with van der Waals surface area (Å²) in [5.74, 6) is 0. The Bertz CT molecular complexity index is 139. The molecule has 0 aliphatic rings. The molecule has 9 heavy (non-hydrogen) atoms. The van der Waals surface area contributed by atoms with E-state index in [4.69, 9.17) is 0 Å². The Morgan fingerprint density at radius 1 is 1.33 bits per heavy atom. The number of aryl methyl sites for hydroxylation is 1. The molecular formula is C7H10IrN-. The Morgan fingerprint density at radius 2 is 2.00 bits per heavy atom. The van der Waals surface area contributed by atoms with Gasteiger partial charge in [-0.05, 0) is 19.1 Å². The molecule has 0 fully saturated rings. The molecule has 0 aromatic carbocycles. The van der Waals surface area contributed by atoms with Crippen molar-refractivity contribution in [3.05, 3.63) is 37.5 Å². The normalized spacial score (nSPS) is 6.78. The molecule has 0 saturated heterocycles. The second-order valence-corrected chi connectivity index (χ2v) is 1.47. The van der Waals surface area contributed by atoms with Gasteiger partial charge in [0, 0.05) is 32.0 Å². The minimum atomic E-state index is 0. The van der Waals surface area contributed by atoms with Crippen LogP contribution in [0.1, 0.15) is 5.69 Å². The number of hydrogen-bond acceptors (Lipinski definition) is 1. The number of aromatic nitrogens is 1. The Balaban J connectivity index is 0. The number of hydrogen-bond donors (Lipinski definition) is 0. The van der Waals surface area contributed by atoms with Gasteiger partial charge >= 0.3 is 0 Å². The molecule has 0 aliphatic carbocycles. The molecule has 1 aromatic rings. The van der Waals surface area contributed by atoms with E-state index < -0.39 is 0 Å². The van der Waals surface area contributed by atoms with Crippen molar-refractivity contribution >= 4 is 0 Å². The topological polar surface area (TPSA) is 12.9 Å². The molecule has 1 aromatic heterocycles. The van der Waals surface area contributed by atoms with Crippen LogP contribution in [0.4, 0.5) is 0 Å². The zero-order valence-electron chi connectivity index (χ0n) is 5.59. The molecule has 0 unspecified atom stereocenters. The summed E-state index contributed by atoms with van der Waals surface area (Å²) in [6.07, 6.45) is 1.79. The van der Waals surface area contributed by atoms with E-state index in [1.54, 1.807) is 6.20 Å². The fraction of sp³-hybridized carbons (Fsp3) is 0.143. The van der Waals surface area contributed by atoms with E-state index in [1.807, 2.05) is 25.1 Å². The fourth-order valence-corrected chi connectivity index (χ4v) is 0.448. The van der Waals surface area contributed by atoms with Crippen LogP contribution in [0.5, 0.6) is 0 Å². The first-order valence-corrected chi connectivity index (χ1v) is 2.27. The first kappa shape index (κ1) is 11.6. The number of nitrogens with zero attached hydrogens (tertiary/aromatic N) is 1. The zero-order chi connectivity index (χ0) is 5.11. The fourth-order valence-electron chi connectivity index (χ4n) is 0.448. The van der Waals surface area contributed by atoms with Gasteiger partial charge in [-0.2, -0.15) is 0 Å². The summed E-state index contributed by atoms with van der Waals surface area (Å²) in [7, 11) is 0. The van der Waals surface area contributed by atoms with E-state index in [0.29, 0.717) is 0 Å². The van der Waals surface area contributed by atoms with E-state index in [1.165, 1.54) is 0 Å². The van der Waals surface area contributed by atoms with Crippen LogP contribution < -0.4 is 0 Å². The quantitative estimate of drug-likeness (QED) is 0.666. The van der Waals surface area contributed by atoms with Crippen LogP contribution in [-0.4, -0.2) is 4.98 Å². The predicted molar refractivity (Wildman–Crippen MR) is 35.4 cm³/mol. The minimum Gasteiger partial charge on any atom is -0.358 e. The maximum atomic E-state index is 3.98. The van der Waals surface area contributed by atoms with Crippen LogP contribution in [0, 0.1) is 14.4 Å². The first-order valence-electron chi connectivity index (χ1n) is 2.27. The third kappa shape index (κ3) is 4.31. The van der Waals surface area contributed by atoms with E-state index in [0.717, 1.165) is 5.69 Å². The van der Waals surface area contributed by atoms with E-state index >= 15 is 0 Å². The van der Waals surface area contributed by atoms with Gasteiger partial charge in [-0.15, -0.1) is 0 Å². The first-order chi connectivity index (χ1) is 3.39. The molecular weight excluding hydrogens is 290 g/mol. The maximum Gasteiger partial charge on any atom is 0.0372 e. The van der Waals surface area contributed by atoms with E-state index in [9.17, 15) is 0 Å². The van der Waals surface area contributed by atoms with Crippen molar-refractivity contribution in [2.75, 3.05) is 0 Å². The van der Waals surface area contributed by atoms with Crippen molar-refractivity contribution in [1.29, 1.82) is 0 Å². The van der Waals surface area contributed by atoms with Crippen molar-refractivity contribution in [2.24, 2.45) is 0 Å². The third-order valence-corrected chi connectivity index (χ3v) is 0.813. The molecule has 2 heteroatoms. The SMILES string of the molecule is Cc1ccccn1.[CH3-].[Ir]. The second-order valence-electron chi connectivity index (χ2n) is 1.47. The molecule has 1 nitrogen and oxygen atoms in total. The molecule has 0 saturated carbocycles. The van der Waals surface area contributed by atoms with Crippen LogP contribution in [0.2, 0.25) is 0 Å². The van der Waals surface area contributed by atoms with Crippen LogP contribution in [0.25, 0.3) is 0 Å². The van der Waals surface area contributed by atoms with Crippen LogP contribution >= 0.6 is 0 Å². The van der Waals surface area contributed by atoms with Gasteiger partial charge in [-0.1, -0.05) is 6.07 Å². The summed E-state index contributed by atoms with van der Waals surface area (Å²) >= 11 is 0. The molecule has 0 aliphatic heterocycles. The van der Waals surface area contributed by atoms with Crippen LogP contribution in [0.15, 0.2) is 24.4 Å². The number of rotatable bonds is 0. The Kier molecular flexibility index (Phi) is 7.63. The van der Waals surface area contributed by atoms with Gasteiger partial charge in [0.05, 0.1) is 0 Å². The largest absolute Gasteiger partial charge is 0.358 e. The Morgan fingerprint density at radius 3 is 2.22 bits per heavy atom. The van der Waals surface area contributed by atoms with Crippen molar-refractivity contribution in [1.82, 2.24) is 4.98 Å². The monoisotopic (exact) mass is 301 g/mol. The molecule has 0 atom stereocenters. The van der Waals surface area contributed by atoms with Gasteiger partial charge in [-0.3, -0.25) is 4.98 Å². The summed E-state index contributed by atoms with van der Waals surface area (Å²) in [5, 5.41) is 0. The van der Waals surface area contributed by atoms with Gasteiger partial charge in [0.15, 0.2) is 0 Å². The summed E-state index contributed by atoms with van der Waals surface area (Å²) in [4.78, 5) is 3.98. The summed E-state index contributed by atoms with van der Waals surface area (Å²) in [5.41, 5.74) is 1.07. The molecule has 0 N–H and O–H groups in total. The summed E-state index contributed by atoms with van der Waals surface area (Å²) < 4.78 is 0. The van der Waals surface area contributed by atoms with Crippen molar-refractivity contribution in [3.8, 4) is 0 Å². The van der Waals surface area contributed by atoms with Gasteiger partial charge in [0.25, 0.3) is 0 Å². The molecule has 0 bridgehead atoms. The molecule has 1 rings (SSSR count). The second kappa shape index (κ2) is 5.93. The van der Waals surface area contributed by atoms with Gasteiger partial charge in [0.2, 0.25) is 0 Å². The van der Waals surface area contributed by atoms with E-state index in [-0.39, 0.29) is 27.5 Å². The molecule has 1 heterocycles. The average Bonchev–Trinajstić information content (AvgIpc) is 1.69. The van der Waals surface area contributed by atoms with E-state index in [2.05, 4.69) is 4.98 Å². The van der Waals surface area contributed by atoms with Gasteiger partial charge in [0.1, 0.15) is 0 Å². The van der Waals surface area contributed by atoms with Crippen LogP contribution in [0.3, 0.4) is 0 Å². The zero-order valence-corrected chi connectivity index (χ0v) is 7.99. The van der Waals surface area contributed by atoms with Crippen LogP contribution in [-0.2, 0) is 20.1 Å². The molecule has 53 valence electrons. The third-order valence-electron chi connectivity index (χ3n) is 0.813. The predicted octanol–water partition coefficient (Wildman–Crippen LogP) is 1.84. The maximum absolute atomic E-state index is 3.98. The summed E-state index contributed by atoms with van der Waals surface area (Å²) in [6.45, 7) is 1.97. The smallest absolute Gasteiger partial charge is 0.0372 e. The average molecular weight is 300 g/mol. The van der Waals surface area contributed by atoms with Gasteiger partial charge < -0.3 is 7.43 Å². The summed E-state index contributed by atoms with van der Waals surface area (Å²) in [6, 6.07) is 5.86. The minimum absolute atomic E-state index is 0. The van der Waals surface area contributed by atoms with Crippen molar-refractivity contribution in [2.45, 2.75) is 6.92 Å². The van der Waals surface area contributed by atoms with Gasteiger partial charge in [-0.25, -0.2) is 0 Å². The standard InChI is InChI=1S/C6H7N.CH3.Ir/c1-6-4-2-3-5-7-6;;/h2-5H,1H3;1H3;/q;-1;. The van der Waals surface area contributed by atoms with Crippen molar-refractivity contribution < 1.29 is 20.1 Å². The number of pyridine rings is 1. The molecule has 0 spiro atoms.